The molecule has 0 aliphatic rings. The highest BCUT2D eigenvalue weighted by atomic mass is 32.2. The van der Waals surface area contributed by atoms with Crippen molar-refractivity contribution in [1.29, 1.82) is 0 Å². The molecule has 16 heavy (non-hydrogen) atoms. The standard InChI is InChI=1S/C10H18N2O2S2/c1-10(2,8-11)12-16(13,14)7-5-9-4-3-6-15-9/h3-4,6,12H,5,7-8,11H2,1-2H3. The van der Waals surface area contributed by atoms with Crippen LogP contribution in [0.15, 0.2) is 17.5 Å². The molecule has 0 atom stereocenters. The van der Waals surface area contributed by atoms with Gasteiger partial charge >= 0.3 is 0 Å². The first kappa shape index (κ1) is 13.6. The molecule has 0 fully saturated rings. The molecule has 0 unspecified atom stereocenters. The molecule has 0 aromatic carbocycles. The predicted molar refractivity (Wildman–Crippen MR) is 68.1 cm³/mol. The second-order valence-corrected chi connectivity index (χ2v) is 7.21. The van der Waals surface area contributed by atoms with E-state index in [1.54, 1.807) is 25.2 Å². The molecule has 0 amide bonds. The summed E-state index contributed by atoms with van der Waals surface area (Å²) in [5.74, 6) is 0.108. The Morgan fingerprint density at radius 3 is 2.69 bits per heavy atom. The lowest BCUT2D eigenvalue weighted by Crippen LogP contribution is -2.49. The average Bonchev–Trinajstić information content (AvgIpc) is 2.66. The van der Waals surface area contributed by atoms with Gasteiger partial charge in [0.15, 0.2) is 0 Å². The van der Waals surface area contributed by atoms with E-state index in [2.05, 4.69) is 4.72 Å². The first-order valence-electron chi connectivity index (χ1n) is 5.09. The van der Waals surface area contributed by atoms with Gasteiger partial charge in [-0.25, -0.2) is 13.1 Å². The van der Waals surface area contributed by atoms with Crippen LogP contribution in [0.4, 0.5) is 0 Å². The van der Waals surface area contributed by atoms with Crippen LogP contribution >= 0.6 is 11.3 Å². The molecule has 6 heteroatoms. The highest BCUT2D eigenvalue weighted by Crippen LogP contribution is 2.11. The summed E-state index contributed by atoms with van der Waals surface area (Å²) in [4.78, 5) is 1.08. The summed E-state index contributed by atoms with van der Waals surface area (Å²) in [6, 6.07) is 3.86. The summed E-state index contributed by atoms with van der Waals surface area (Å²) in [5, 5.41) is 1.94. The molecular weight excluding hydrogens is 244 g/mol. The molecule has 1 rings (SSSR count). The van der Waals surface area contributed by atoms with E-state index in [4.69, 9.17) is 5.73 Å². The summed E-state index contributed by atoms with van der Waals surface area (Å²) >= 11 is 1.57. The van der Waals surface area contributed by atoms with Crippen molar-refractivity contribution in [2.75, 3.05) is 12.3 Å². The number of sulfonamides is 1. The summed E-state index contributed by atoms with van der Waals surface area (Å²) < 4.78 is 26.1. The molecule has 0 spiro atoms. The molecule has 4 nitrogen and oxygen atoms in total. The fourth-order valence-electron chi connectivity index (χ4n) is 1.20. The van der Waals surface area contributed by atoms with Crippen LogP contribution < -0.4 is 10.5 Å². The van der Waals surface area contributed by atoms with Crippen LogP contribution in [-0.4, -0.2) is 26.3 Å². The molecule has 1 aromatic rings. The Kier molecular flexibility index (Phi) is 4.49. The van der Waals surface area contributed by atoms with Crippen molar-refractivity contribution in [2.45, 2.75) is 25.8 Å². The van der Waals surface area contributed by atoms with Gasteiger partial charge in [-0.2, -0.15) is 0 Å². The van der Waals surface area contributed by atoms with Gasteiger partial charge in [-0.15, -0.1) is 11.3 Å². The fourth-order valence-corrected chi connectivity index (χ4v) is 3.56. The van der Waals surface area contributed by atoms with Crippen LogP contribution in [0.3, 0.4) is 0 Å². The third-order valence-electron chi connectivity index (χ3n) is 2.14. The Morgan fingerprint density at radius 2 is 2.19 bits per heavy atom. The van der Waals surface area contributed by atoms with Crippen molar-refractivity contribution in [3.05, 3.63) is 22.4 Å². The van der Waals surface area contributed by atoms with Gasteiger partial charge in [0, 0.05) is 17.0 Å². The molecule has 0 aliphatic heterocycles. The monoisotopic (exact) mass is 262 g/mol. The van der Waals surface area contributed by atoms with Crippen molar-refractivity contribution >= 4 is 21.4 Å². The van der Waals surface area contributed by atoms with Crippen molar-refractivity contribution in [3.63, 3.8) is 0 Å². The Bertz CT molecular complexity index is 410. The smallest absolute Gasteiger partial charge is 0.212 e. The maximum absolute atomic E-state index is 11.7. The lowest BCUT2D eigenvalue weighted by Gasteiger charge is -2.23. The molecule has 3 N–H and O–H groups in total. The van der Waals surface area contributed by atoms with E-state index in [-0.39, 0.29) is 12.3 Å². The normalized spacial score (nSPS) is 12.9. The minimum absolute atomic E-state index is 0.108. The number of nitrogens with two attached hydrogens (primary N) is 1. The van der Waals surface area contributed by atoms with Gasteiger partial charge in [-0.05, 0) is 31.7 Å². The molecule has 0 bridgehead atoms. The molecule has 0 saturated heterocycles. The minimum Gasteiger partial charge on any atom is -0.329 e. The molecule has 92 valence electrons. The molecule has 0 aliphatic carbocycles. The Balaban J connectivity index is 2.53. The van der Waals surface area contributed by atoms with E-state index in [1.165, 1.54) is 0 Å². The van der Waals surface area contributed by atoms with Crippen LogP contribution in [0.2, 0.25) is 0 Å². The number of rotatable bonds is 6. The highest BCUT2D eigenvalue weighted by Gasteiger charge is 2.22. The third kappa shape index (κ3) is 4.61. The molecule has 1 aromatic heterocycles. The lowest BCUT2D eigenvalue weighted by atomic mass is 10.1. The topological polar surface area (TPSA) is 72.2 Å². The number of thiophene rings is 1. The SMILES string of the molecule is CC(C)(CN)NS(=O)(=O)CCc1cccs1. The summed E-state index contributed by atoms with van der Waals surface area (Å²) in [6.45, 7) is 3.83. The molecular formula is C10H18N2O2S2. The number of aryl methyl sites for hydroxylation is 1. The van der Waals surface area contributed by atoms with E-state index in [0.717, 1.165) is 4.88 Å². The fraction of sp³-hybridized carbons (Fsp3) is 0.600. The largest absolute Gasteiger partial charge is 0.329 e. The number of nitrogens with one attached hydrogen (secondary N) is 1. The third-order valence-corrected chi connectivity index (χ3v) is 4.68. The van der Waals surface area contributed by atoms with E-state index < -0.39 is 15.6 Å². The van der Waals surface area contributed by atoms with Crippen molar-refractivity contribution in [2.24, 2.45) is 5.73 Å². The second-order valence-electron chi connectivity index (χ2n) is 4.34. The summed E-state index contributed by atoms with van der Waals surface area (Å²) in [6.07, 6.45) is 0.549. The predicted octanol–water partition coefficient (Wildman–Crippen LogP) is 0.947. The van der Waals surface area contributed by atoms with E-state index in [1.807, 2.05) is 17.5 Å². The Hall–Kier alpha value is -0.430. The van der Waals surface area contributed by atoms with Gasteiger partial charge in [0.05, 0.1) is 5.75 Å². The molecule has 1 heterocycles. The minimum atomic E-state index is -3.25. The van der Waals surface area contributed by atoms with Gasteiger partial charge in [0.1, 0.15) is 0 Å². The van der Waals surface area contributed by atoms with Crippen LogP contribution in [0.25, 0.3) is 0 Å². The zero-order valence-corrected chi connectivity index (χ0v) is 11.2. The first-order valence-corrected chi connectivity index (χ1v) is 7.62. The maximum atomic E-state index is 11.7. The zero-order chi connectivity index (χ0) is 12.2. The Labute approximate surface area is 101 Å². The molecule has 0 radical (unpaired) electrons. The van der Waals surface area contributed by atoms with Gasteiger partial charge in [0.25, 0.3) is 0 Å². The van der Waals surface area contributed by atoms with Gasteiger partial charge in [-0.1, -0.05) is 6.07 Å². The van der Waals surface area contributed by atoms with E-state index in [9.17, 15) is 8.42 Å². The van der Waals surface area contributed by atoms with E-state index in [0.29, 0.717) is 6.42 Å². The summed E-state index contributed by atoms with van der Waals surface area (Å²) in [7, 11) is -3.25. The van der Waals surface area contributed by atoms with Crippen LogP contribution in [-0.2, 0) is 16.4 Å². The summed E-state index contributed by atoms with van der Waals surface area (Å²) in [5.41, 5.74) is 4.90. The van der Waals surface area contributed by atoms with Crippen LogP contribution in [0, 0.1) is 0 Å². The van der Waals surface area contributed by atoms with Gasteiger partial charge in [-0.3, -0.25) is 0 Å². The highest BCUT2D eigenvalue weighted by molar-refractivity contribution is 7.89. The maximum Gasteiger partial charge on any atom is 0.212 e. The Morgan fingerprint density at radius 1 is 1.50 bits per heavy atom. The quantitative estimate of drug-likeness (QED) is 0.801. The molecule has 0 saturated carbocycles. The van der Waals surface area contributed by atoms with Crippen molar-refractivity contribution in [1.82, 2.24) is 4.72 Å². The van der Waals surface area contributed by atoms with Crippen LogP contribution in [0.1, 0.15) is 18.7 Å². The average molecular weight is 262 g/mol. The first-order chi connectivity index (χ1) is 7.35. The number of hydrogen-bond donors (Lipinski definition) is 2. The lowest BCUT2D eigenvalue weighted by molar-refractivity contribution is 0.462. The second kappa shape index (κ2) is 5.27. The van der Waals surface area contributed by atoms with E-state index >= 15 is 0 Å². The zero-order valence-electron chi connectivity index (χ0n) is 9.56. The van der Waals surface area contributed by atoms with Crippen molar-refractivity contribution < 1.29 is 8.42 Å². The van der Waals surface area contributed by atoms with Crippen molar-refractivity contribution in [3.8, 4) is 0 Å². The van der Waals surface area contributed by atoms with Crippen LogP contribution in [0.5, 0.6) is 0 Å². The number of hydrogen-bond acceptors (Lipinski definition) is 4. The van der Waals surface area contributed by atoms with Gasteiger partial charge in [0.2, 0.25) is 10.0 Å². The van der Waals surface area contributed by atoms with Gasteiger partial charge < -0.3 is 5.73 Å².